The number of hydrogen-bond acceptors (Lipinski definition) is 4. The number of carbonyl (C=O) groups excluding carboxylic acids is 1. The summed E-state index contributed by atoms with van der Waals surface area (Å²) in [5, 5.41) is 14.8. The molecule has 2 aliphatic heterocycles. The summed E-state index contributed by atoms with van der Waals surface area (Å²) in [6.45, 7) is 2.57. The van der Waals surface area contributed by atoms with Gasteiger partial charge in [0.1, 0.15) is 5.54 Å². The highest BCUT2D eigenvalue weighted by atomic mass is 16.3. The standard InChI is InChI=1S/C14H25N3O2/c18-10-12-9-15-14(12,11-5-4-6-11)13(19)17-8-3-1-2-7-16-17/h11-12,15-16,18H,1-10H2. The number of hydrazine groups is 1. The highest BCUT2D eigenvalue weighted by Gasteiger charge is 2.59. The van der Waals surface area contributed by atoms with Crippen molar-refractivity contribution in [2.24, 2.45) is 11.8 Å². The van der Waals surface area contributed by atoms with E-state index in [0.29, 0.717) is 5.92 Å². The van der Waals surface area contributed by atoms with Crippen molar-refractivity contribution < 1.29 is 9.90 Å². The first kappa shape index (κ1) is 13.3. The van der Waals surface area contributed by atoms with Gasteiger partial charge in [0.2, 0.25) is 0 Å². The van der Waals surface area contributed by atoms with Gasteiger partial charge in [-0.15, -0.1) is 0 Å². The van der Waals surface area contributed by atoms with E-state index in [-0.39, 0.29) is 18.4 Å². The molecule has 19 heavy (non-hydrogen) atoms. The lowest BCUT2D eigenvalue weighted by Crippen LogP contribution is -2.78. The van der Waals surface area contributed by atoms with Gasteiger partial charge in [0.25, 0.3) is 5.91 Å². The predicted octanol–water partition coefficient (Wildman–Crippen LogP) is 0.254. The Labute approximate surface area is 114 Å². The Morgan fingerprint density at radius 3 is 2.68 bits per heavy atom. The lowest BCUT2D eigenvalue weighted by Gasteiger charge is -2.57. The zero-order chi connectivity index (χ0) is 13.3. The minimum atomic E-state index is -0.482. The van der Waals surface area contributed by atoms with Crippen LogP contribution < -0.4 is 10.7 Å². The van der Waals surface area contributed by atoms with Crippen molar-refractivity contribution in [1.82, 2.24) is 15.8 Å². The van der Waals surface area contributed by atoms with E-state index in [0.717, 1.165) is 45.3 Å². The maximum atomic E-state index is 12.9. The van der Waals surface area contributed by atoms with Gasteiger partial charge in [0.05, 0.1) is 0 Å². The third-order valence-corrected chi connectivity index (χ3v) is 5.21. The van der Waals surface area contributed by atoms with Crippen molar-refractivity contribution >= 4 is 5.91 Å². The SMILES string of the molecule is O=C(N1CCCCCN1)C1(C2CCC2)NCC1CO. The van der Waals surface area contributed by atoms with Crippen molar-refractivity contribution in [2.45, 2.75) is 44.1 Å². The highest BCUT2D eigenvalue weighted by molar-refractivity contribution is 5.88. The van der Waals surface area contributed by atoms with Gasteiger partial charge >= 0.3 is 0 Å². The lowest BCUT2D eigenvalue weighted by atomic mass is 9.60. The number of hydrogen-bond donors (Lipinski definition) is 3. The summed E-state index contributed by atoms with van der Waals surface area (Å²) in [6.07, 6.45) is 6.84. The van der Waals surface area contributed by atoms with Crippen LogP contribution in [0.3, 0.4) is 0 Å². The lowest BCUT2D eigenvalue weighted by molar-refractivity contribution is -0.158. The van der Waals surface area contributed by atoms with Crippen LogP contribution in [0.1, 0.15) is 38.5 Å². The average Bonchev–Trinajstić information content (AvgIpc) is 2.60. The third-order valence-electron chi connectivity index (χ3n) is 5.21. The third kappa shape index (κ3) is 2.08. The van der Waals surface area contributed by atoms with Crippen LogP contribution in [0.4, 0.5) is 0 Å². The molecule has 1 aliphatic carbocycles. The Hall–Kier alpha value is -0.650. The fourth-order valence-corrected chi connectivity index (χ4v) is 3.70. The Balaban J connectivity index is 1.77. The Bertz CT molecular complexity index is 326. The molecule has 3 aliphatic rings. The molecule has 0 aromatic carbocycles. The summed E-state index contributed by atoms with van der Waals surface area (Å²) >= 11 is 0. The zero-order valence-electron chi connectivity index (χ0n) is 11.5. The molecule has 2 saturated heterocycles. The minimum absolute atomic E-state index is 0.0929. The van der Waals surface area contributed by atoms with E-state index < -0.39 is 5.54 Å². The van der Waals surface area contributed by atoms with Crippen molar-refractivity contribution in [3.05, 3.63) is 0 Å². The van der Waals surface area contributed by atoms with Crippen LogP contribution >= 0.6 is 0 Å². The van der Waals surface area contributed by atoms with Gasteiger partial charge in [0.15, 0.2) is 0 Å². The van der Waals surface area contributed by atoms with Gasteiger partial charge in [-0.05, 0) is 31.6 Å². The fraction of sp³-hybridized carbons (Fsp3) is 0.929. The maximum absolute atomic E-state index is 12.9. The van der Waals surface area contributed by atoms with Crippen LogP contribution in [0.25, 0.3) is 0 Å². The van der Waals surface area contributed by atoms with E-state index in [1.165, 1.54) is 12.8 Å². The maximum Gasteiger partial charge on any atom is 0.257 e. The van der Waals surface area contributed by atoms with Crippen LogP contribution in [0.15, 0.2) is 0 Å². The van der Waals surface area contributed by atoms with Gasteiger partial charge in [-0.3, -0.25) is 9.80 Å². The zero-order valence-corrected chi connectivity index (χ0v) is 11.5. The molecule has 108 valence electrons. The monoisotopic (exact) mass is 267 g/mol. The second kappa shape index (κ2) is 5.38. The fourth-order valence-electron chi connectivity index (χ4n) is 3.70. The molecular weight excluding hydrogens is 242 g/mol. The molecule has 3 N–H and O–H groups in total. The summed E-state index contributed by atoms with van der Waals surface area (Å²) in [6, 6.07) is 0. The first-order valence-corrected chi connectivity index (χ1v) is 7.70. The van der Waals surface area contributed by atoms with Gasteiger partial charge in [-0.2, -0.15) is 0 Å². The van der Waals surface area contributed by atoms with Gasteiger partial charge in [0, 0.05) is 32.2 Å². The van der Waals surface area contributed by atoms with Crippen molar-refractivity contribution in [3.8, 4) is 0 Å². The first-order valence-electron chi connectivity index (χ1n) is 7.70. The number of amides is 1. The molecule has 0 bridgehead atoms. The number of rotatable bonds is 3. The van der Waals surface area contributed by atoms with Crippen LogP contribution in [0, 0.1) is 11.8 Å². The average molecular weight is 267 g/mol. The molecule has 2 heterocycles. The normalized spacial score (nSPS) is 36.3. The number of carbonyl (C=O) groups is 1. The van der Waals surface area contributed by atoms with E-state index in [2.05, 4.69) is 10.7 Å². The molecule has 3 fully saturated rings. The highest BCUT2D eigenvalue weighted by Crippen LogP contribution is 2.45. The van der Waals surface area contributed by atoms with E-state index in [1.807, 2.05) is 5.01 Å². The molecule has 0 spiro atoms. The van der Waals surface area contributed by atoms with Crippen LogP contribution in [-0.4, -0.2) is 47.8 Å². The van der Waals surface area contributed by atoms with Crippen molar-refractivity contribution in [2.75, 3.05) is 26.2 Å². The van der Waals surface area contributed by atoms with Crippen LogP contribution in [0.5, 0.6) is 0 Å². The van der Waals surface area contributed by atoms with Crippen LogP contribution in [-0.2, 0) is 4.79 Å². The minimum Gasteiger partial charge on any atom is -0.396 e. The van der Waals surface area contributed by atoms with Gasteiger partial charge in [-0.1, -0.05) is 12.8 Å². The first-order chi connectivity index (χ1) is 9.29. The molecule has 5 heteroatoms. The van der Waals surface area contributed by atoms with E-state index in [1.54, 1.807) is 0 Å². The van der Waals surface area contributed by atoms with Gasteiger partial charge < -0.3 is 10.4 Å². The van der Waals surface area contributed by atoms with E-state index in [4.69, 9.17) is 0 Å². The topological polar surface area (TPSA) is 64.6 Å². The molecule has 3 rings (SSSR count). The molecule has 2 atom stereocenters. The van der Waals surface area contributed by atoms with E-state index >= 15 is 0 Å². The molecule has 0 aromatic heterocycles. The number of aliphatic hydroxyl groups is 1. The molecule has 2 unspecified atom stereocenters. The predicted molar refractivity (Wildman–Crippen MR) is 72.2 cm³/mol. The largest absolute Gasteiger partial charge is 0.396 e. The Kier molecular flexibility index (Phi) is 3.78. The molecular formula is C14H25N3O2. The molecule has 1 amide bonds. The number of nitrogens with zero attached hydrogens (tertiary/aromatic N) is 1. The number of aliphatic hydroxyl groups excluding tert-OH is 1. The van der Waals surface area contributed by atoms with Crippen LogP contribution in [0.2, 0.25) is 0 Å². The molecule has 0 aromatic rings. The second-order valence-electron chi connectivity index (χ2n) is 6.18. The Morgan fingerprint density at radius 1 is 1.26 bits per heavy atom. The summed E-state index contributed by atoms with van der Waals surface area (Å²) in [4.78, 5) is 12.9. The Morgan fingerprint density at radius 2 is 2.11 bits per heavy atom. The smallest absolute Gasteiger partial charge is 0.257 e. The quantitative estimate of drug-likeness (QED) is 0.686. The van der Waals surface area contributed by atoms with E-state index in [9.17, 15) is 9.90 Å². The summed E-state index contributed by atoms with van der Waals surface area (Å²) in [5.41, 5.74) is 2.78. The molecule has 1 saturated carbocycles. The van der Waals surface area contributed by atoms with Gasteiger partial charge in [-0.25, -0.2) is 5.43 Å². The summed E-state index contributed by atoms with van der Waals surface area (Å²) < 4.78 is 0. The molecule has 0 radical (unpaired) electrons. The molecule has 5 nitrogen and oxygen atoms in total. The van der Waals surface area contributed by atoms with Crippen molar-refractivity contribution in [3.63, 3.8) is 0 Å². The summed E-state index contributed by atoms with van der Waals surface area (Å²) in [7, 11) is 0. The second-order valence-corrected chi connectivity index (χ2v) is 6.18. The summed E-state index contributed by atoms with van der Waals surface area (Å²) in [5.74, 6) is 0.677. The number of nitrogens with one attached hydrogen (secondary N) is 2. The van der Waals surface area contributed by atoms with Crippen molar-refractivity contribution in [1.29, 1.82) is 0 Å².